The van der Waals surface area contributed by atoms with Crippen LogP contribution in [-0.2, 0) is 4.74 Å². The summed E-state index contributed by atoms with van der Waals surface area (Å²) in [5, 5.41) is 6.71. The van der Waals surface area contributed by atoms with Crippen LogP contribution in [0, 0.1) is 17.2 Å². The molecule has 0 saturated heterocycles. The first-order valence-corrected chi connectivity index (χ1v) is 11.1. The van der Waals surface area contributed by atoms with Gasteiger partial charge in [0.25, 0.3) is 0 Å². The summed E-state index contributed by atoms with van der Waals surface area (Å²) >= 11 is 0. The number of halogens is 2. The van der Waals surface area contributed by atoms with Gasteiger partial charge in [-0.05, 0) is 81.9 Å². The first-order chi connectivity index (χ1) is 14.0. The average Bonchev–Trinajstić information content (AvgIpc) is 3.62. The summed E-state index contributed by atoms with van der Waals surface area (Å²) in [7, 11) is 0. The van der Waals surface area contributed by atoms with Gasteiger partial charge in [-0.25, -0.2) is 4.39 Å². The minimum atomic E-state index is -0.299. The molecule has 30 heavy (non-hydrogen) atoms. The Hall–Kier alpha value is -1.09. The number of hydrogen-bond acceptors (Lipinski definition) is 3. The number of hydrogen-bond donors (Lipinski definition) is 2. The lowest BCUT2D eigenvalue weighted by Gasteiger charge is -2.20. The fourth-order valence-corrected chi connectivity index (χ4v) is 3.35. The maximum absolute atomic E-state index is 14.4. The molecule has 1 aromatic rings. The molecule has 0 amide bonds. The Morgan fingerprint density at radius 2 is 2.07 bits per heavy atom. The normalized spacial score (nSPS) is 18.3. The zero-order chi connectivity index (χ0) is 20.7. The molecule has 170 valence electrons. The summed E-state index contributed by atoms with van der Waals surface area (Å²) in [6.07, 6.45) is 5.88. The zero-order valence-corrected chi connectivity index (χ0v) is 20.8. The lowest BCUT2D eigenvalue weighted by Crippen LogP contribution is -2.39. The third-order valence-corrected chi connectivity index (χ3v) is 5.84. The van der Waals surface area contributed by atoms with Gasteiger partial charge in [-0.3, -0.25) is 4.99 Å². The maximum Gasteiger partial charge on any atom is 0.191 e. The standard InChI is InChI=1S/C23H36FN3O2.HI/c1-4-25-22(26-16-23(10-11-23)12-13-28-5-2)27-17(3)19-8-9-21(20(24)14-19)29-15-18-6-7-18;/h8-9,14,17-18H,4-7,10-13,15-16H2,1-3H3,(H2,25,26,27);1H. The topological polar surface area (TPSA) is 54.9 Å². The van der Waals surface area contributed by atoms with Gasteiger partial charge in [-0.15, -0.1) is 24.0 Å². The third-order valence-electron chi connectivity index (χ3n) is 5.84. The van der Waals surface area contributed by atoms with Crippen LogP contribution in [0.5, 0.6) is 5.75 Å². The van der Waals surface area contributed by atoms with Crippen molar-refractivity contribution in [1.82, 2.24) is 10.6 Å². The first kappa shape index (κ1) is 25.2. The SMILES string of the molecule is CCNC(=NCC1(CCOCC)CC1)NC(C)c1ccc(OCC2CC2)c(F)c1.I. The van der Waals surface area contributed by atoms with Gasteiger partial charge in [0.1, 0.15) is 0 Å². The Morgan fingerprint density at radius 3 is 2.67 bits per heavy atom. The van der Waals surface area contributed by atoms with Crippen molar-refractivity contribution in [2.45, 2.75) is 58.9 Å². The van der Waals surface area contributed by atoms with Gasteiger partial charge in [0.05, 0.1) is 12.6 Å². The molecule has 7 heteroatoms. The predicted octanol–water partition coefficient (Wildman–Crippen LogP) is 5.06. The van der Waals surface area contributed by atoms with E-state index in [2.05, 4.69) is 17.6 Å². The smallest absolute Gasteiger partial charge is 0.191 e. The highest BCUT2D eigenvalue weighted by Crippen LogP contribution is 2.49. The summed E-state index contributed by atoms with van der Waals surface area (Å²) in [5.41, 5.74) is 1.18. The van der Waals surface area contributed by atoms with Crippen LogP contribution in [0.4, 0.5) is 4.39 Å². The highest BCUT2D eigenvalue weighted by atomic mass is 127. The molecule has 1 aromatic carbocycles. The van der Waals surface area contributed by atoms with Crippen LogP contribution < -0.4 is 15.4 Å². The minimum absolute atomic E-state index is 0. The van der Waals surface area contributed by atoms with Crippen LogP contribution >= 0.6 is 24.0 Å². The number of rotatable bonds is 12. The van der Waals surface area contributed by atoms with Crippen molar-refractivity contribution in [3.63, 3.8) is 0 Å². The van der Waals surface area contributed by atoms with E-state index in [1.807, 2.05) is 19.9 Å². The second-order valence-corrected chi connectivity index (χ2v) is 8.45. The molecular weight excluding hydrogens is 496 g/mol. The lowest BCUT2D eigenvalue weighted by atomic mass is 10.0. The molecule has 2 N–H and O–H groups in total. The van der Waals surface area contributed by atoms with Crippen molar-refractivity contribution < 1.29 is 13.9 Å². The van der Waals surface area contributed by atoms with Gasteiger partial charge in [0, 0.05) is 26.3 Å². The second kappa shape index (κ2) is 12.1. The van der Waals surface area contributed by atoms with Gasteiger partial charge in [-0.2, -0.15) is 0 Å². The van der Waals surface area contributed by atoms with E-state index in [4.69, 9.17) is 14.5 Å². The van der Waals surface area contributed by atoms with Gasteiger partial charge in [-0.1, -0.05) is 6.07 Å². The van der Waals surface area contributed by atoms with Crippen LogP contribution in [0.3, 0.4) is 0 Å². The minimum Gasteiger partial charge on any atom is -0.490 e. The van der Waals surface area contributed by atoms with E-state index in [0.717, 1.165) is 44.2 Å². The number of ether oxygens (including phenoxy) is 2. The van der Waals surface area contributed by atoms with E-state index in [9.17, 15) is 4.39 Å². The number of nitrogens with zero attached hydrogens (tertiary/aromatic N) is 1. The molecule has 5 nitrogen and oxygen atoms in total. The maximum atomic E-state index is 14.4. The van der Waals surface area contributed by atoms with Crippen LogP contribution in [0.15, 0.2) is 23.2 Å². The molecule has 2 fully saturated rings. The van der Waals surface area contributed by atoms with Crippen molar-refractivity contribution in [3.8, 4) is 5.75 Å². The van der Waals surface area contributed by atoms with Crippen LogP contribution in [0.1, 0.15) is 64.5 Å². The van der Waals surface area contributed by atoms with E-state index in [-0.39, 0.29) is 35.8 Å². The predicted molar refractivity (Wildman–Crippen MR) is 130 cm³/mol. The molecule has 0 spiro atoms. The first-order valence-electron chi connectivity index (χ1n) is 11.1. The van der Waals surface area contributed by atoms with Gasteiger partial charge < -0.3 is 20.1 Å². The van der Waals surface area contributed by atoms with E-state index < -0.39 is 0 Å². The van der Waals surface area contributed by atoms with Crippen molar-refractivity contribution in [2.75, 3.05) is 32.9 Å². The number of nitrogens with one attached hydrogen (secondary N) is 2. The molecule has 0 bridgehead atoms. The van der Waals surface area contributed by atoms with Gasteiger partial charge in [0.15, 0.2) is 17.5 Å². The lowest BCUT2D eigenvalue weighted by molar-refractivity contribution is 0.129. The third kappa shape index (κ3) is 7.87. The van der Waals surface area contributed by atoms with Crippen molar-refractivity contribution in [3.05, 3.63) is 29.6 Å². The molecule has 3 rings (SSSR count). The molecular formula is C23H37FIN3O2. The van der Waals surface area contributed by atoms with Crippen LogP contribution in [-0.4, -0.2) is 38.9 Å². The van der Waals surface area contributed by atoms with Crippen LogP contribution in [0.25, 0.3) is 0 Å². The summed E-state index contributed by atoms with van der Waals surface area (Å²) in [6.45, 7) is 9.87. The fourth-order valence-electron chi connectivity index (χ4n) is 3.35. The fraction of sp³-hybridized carbons (Fsp3) is 0.696. The molecule has 2 aliphatic rings. The highest BCUT2D eigenvalue weighted by Gasteiger charge is 2.41. The molecule has 0 aliphatic heterocycles. The van der Waals surface area contributed by atoms with Crippen molar-refractivity contribution in [1.29, 1.82) is 0 Å². The zero-order valence-electron chi connectivity index (χ0n) is 18.5. The molecule has 1 unspecified atom stereocenters. The number of aliphatic imine (C=N–C) groups is 1. The summed E-state index contributed by atoms with van der Waals surface area (Å²) in [4.78, 5) is 4.81. The molecule has 2 aliphatic carbocycles. The Kier molecular flexibility index (Phi) is 10.1. The quantitative estimate of drug-likeness (QED) is 0.171. The molecule has 2 saturated carbocycles. The Balaban J connectivity index is 0.00000320. The summed E-state index contributed by atoms with van der Waals surface area (Å²) < 4.78 is 25.5. The van der Waals surface area contributed by atoms with E-state index in [0.29, 0.717) is 23.7 Å². The molecule has 1 atom stereocenters. The van der Waals surface area contributed by atoms with Gasteiger partial charge in [0.2, 0.25) is 0 Å². The van der Waals surface area contributed by atoms with Crippen molar-refractivity contribution in [2.24, 2.45) is 16.3 Å². The average molecular weight is 533 g/mol. The van der Waals surface area contributed by atoms with E-state index >= 15 is 0 Å². The Labute approximate surface area is 197 Å². The van der Waals surface area contributed by atoms with E-state index in [1.165, 1.54) is 25.7 Å². The Bertz CT molecular complexity index is 693. The Morgan fingerprint density at radius 1 is 1.30 bits per heavy atom. The highest BCUT2D eigenvalue weighted by molar-refractivity contribution is 14.0. The molecule has 0 aromatic heterocycles. The second-order valence-electron chi connectivity index (χ2n) is 8.45. The largest absolute Gasteiger partial charge is 0.490 e. The summed E-state index contributed by atoms with van der Waals surface area (Å²) in [6, 6.07) is 5.17. The van der Waals surface area contributed by atoms with Gasteiger partial charge >= 0.3 is 0 Å². The van der Waals surface area contributed by atoms with E-state index in [1.54, 1.807) is 12.1 Å². The van der Waals surface area contributed by atoms with Crippen LogP contribution in [0.2, 0.25) is 0 Å². The molecule has 0 radical (unpaired) electrons. The summed E-state index contributed by atoms with van der Waals surface area (Å²) in [5.74, 6) is 1.43. The molecule has 0 heterocycles. The number of benzene rings is 1. The monoisotopic (exact) mass is 533 g/mol. The van der Waals surface area contributed by atoms with Crippen molar-refractivity contribution >= 4 is 29.9 Å². The number of guanidine groups is 1.